The van der Waals surface area contributed by atoms with E-state index in [0.717, 1.165) is 5.56 Å². The van der Waals surface area contributed by atoms with E-state index < -0.39 is 5.91 Å². The zero-order chi connectivity index (χ0) is 21.2. The molecule has 0 bridgehead atoms. The van der Waals surface area contributed by atoms with Crippen LogP contribution in [0.25, 0.3) is 6.08 Å². The molecule has 1 N–H and O–H groups in total. The Morgan fingerprint density at radius 3 is 2.62 bits per heavy atom. The van der Waals surface area contributed by atoms with E-state index in [0.29, 0.717) is 27.8 Å². The number of hydrogen-bond acceptors (Lipinski definition) is 5. The predicted molar refractivity (Wildman–Crippen MR) is 111 cm³/mol. The van der Waals surface area contributed by atoms with Crippen molar-refractivity contribution in [2.24, 2.45) is 0 Å². The third-order valence-electron chi connectivity index (χ3n) is 3.88. The van der Waals surface area contributed by atoms with E-state index in [9.17, 15) is 10.1 Å². The summed E-state index contributed by atoms with van der Waals surface area (Å²) in [5.74, 6) is 3.47. The molecule has 6 nitrogen and oxygen atoms in total. The third-order valence-corrected chi connectivity index (χ3v) is 4.17. The molecule has 0 aliphatic heterocycles. The molecule has 2 rings (SSSR count). The Kier molecular flexibility index (Phi) is 7.97. The molecule has 7 heteroatoms. The maximum Gasteiger partial charge on any atom is 0.262 e. The number of rotatable bonds is 8. The molecule has 0 atom stereocenters. The lowest BCUT2D eigenvalue weighted by Gasteiger charge is -2.11. The van der Waals surface area contributed by atoms with Crippen LogP contribution in [-0.2, 0) is 11.3 Å². The monoisotopic (exact) mass is 410 g/mol. The Morgan fingerprint density at radius 1 is 1.21 bits per heavy atom. The molecule has 2 aromatic carbocycles. The number of nitrogens with one attached hydrogen (secondary N) is 1. The number of terminal acetylenes is 1. The van der Waals surface area contributed by atoms with Gasteiger partial charge in [0.1, 0.15) is 35.5 Å². The Balaban J connectivity index is 2.12. The van der Waals surface area contributed by atoms with Crippen LogP contribution in [0, 0.1) is 23.7 Å². The summed E-state index contributed by atoms with van der Waals surface area (Å²) < 4.78 is 15.7. The summed E-state index contributed by atoms with van der Waals surface area (Å²) in [7, 11) is 3.08. The first-order valence-corrected chi connectivity index (χ1v) is 8.86. The van der Waals surface area contributed by atoms with Crippen LogP contribution in [0.3, 0.4) is 0 Å². The normalized spacial score (nSPS) is 10.4. The number of halogens is 1. The first kappa shape index (κ1) is 21.7. The lowest BCUT2D eigenvalue weighted by molar-refractivity contribution is -0.117. The SMILES string of the molecule is C#CCOc1ccc(/C=C(\C#N)C(=O)NCc2ccc(OC)cc2OC)cc1Cl. The quantitative estimate of drug-likeness (QED) is 0.408. The molecule has 0 unspecified atom stereocenters. The summed E-state index contributed by atoms with van der Waals surface area (Å²) in [6, 6.07) is 12.0. The average molecular weight is 411 g/mol. The number of nitriles is 1. The van der Waals surface area contributed by atoms with Crippen LogP contribution in [0.1, 0.15) is 11.1 Å². The number of carbonyl (C=O) groups excluding carboxylic acids is 1. The first-order chi connectivity index (χ1) is 14.0. The Labute approximate surface area is 174 Å². The lowest BCUT2D eigenvalue weighted by Crippen LogP contribution is -2.24. The van der Waals surface area contributed by atoms with Gasteiger partial charge in [-0.3, -0.25) is 4.79 Å². The molecule has 1 amide bonds. The van der Waals surface area contributed by atoms with Gasteiger partial charge in [0.05, 0.1) is 19.2 Å². The first-order valence-electron chi connectivity index (χ1n) is 8.49. The topological polar surface area (TPSA) is 80.6 Å². The van der Waals surface area contributed by atoms with E-state index in [1.54, 1.807) is 43.5 Å². The average Bonchev–Trinajstić information content (AvgIpc) is 2.74. The van der Waals surface area contributed by atoms with E-state index in [-0.39, 0.29) is 18.7 Å². The second kappa shape index (κ2) is 10.7. The lowest BCUT2D eigenvalue weighted by atomic mass is 10.1. The summed E-state index contributed by atoms with van der Waals surface area (Å²) in [6.07, 6.45) is 6.60. The highest BCUT2D eigenvalue weighted by Gasteiger charge is 2.12. The number of methoxy groups -OCH3 is 2. The molecule has 0 aliphatic carbocycles. The highest BCUT2D eigenvalue weighted by molar-refractivity contribution is 6.32. The molecular formula is C22H19ClN2O4. The van der Waals surface area contributed by atoms with Gasteiger partial charge in [0, 0.05) is 18.2 Å². The summed E-state index contributed by atoms with van der Waals surface area (Å²) in [6.45, 7) is 0.278. The van der Waals surface area contributed by atoms with Gasteiger partial charge in [0.25, 0.3) is 5.91 Å². The predicted octanol–water partition coefficient (Wildman–Crippen LogP) is 3.59. The van der Waals surface area contributed by atoms with Crippen molar-refractivity contribution in [3.63, 3.8) is 0 Å². The maximum atomic E-state index is 12.4. The zero-order valence-electron chi connectivity index (χ0n) is 16.0. The van der Waals surface area contributed by atoms with Crippen molar-refractivity contribution in [2.75, 3.05) is 20.8 Å². The minimum atomic E-state index is -0.519. The number of nitrogens with zero attached hydrogens (tertiary/aromatic N) is 1. The second-order valence-corrected chi connectivity index (χ2v) is 6.12. The highest BCUT2D eigenvalue weighted by Crippen LogP contribution is 2.27. The molecule has 0 heterocycles. The van der Waals surface area contributed by atoms with E-state index in [1.165, 1.54) is 13.2 Å². The Hall–Kier alpha value is -3.61. The Morgan fingerprint density at radius 2 is 2.00 bits per heavy atom. The van der Waals surface area contributed by atoms with Crippen LogP contribution in [0.5, 0.6) is 17.2 Å². The van der Waals surface area contributed by atoms with Crippen LogP contribution < -0.4 is 19.5 Å². The van der Waals surface area contributed by atoms with Crippen molar-refractivity contribution in [1.82, 2.24) is 5.32 Å². The smallest absolute Gasteiger partial charge is 0.262 e. The molecule has 0 saturated heterocycles. The second-order valence-electron chi connectivity index (χ2n) is 5.71. The number of amides is 1. The van der Waals surface area contributed by atoms with Gasteiger partial charge in [-0.1, -0.05) is 23.6 Å². The van der Waals surface area contributed by atoms with Gasteiger partial charge in [0.15, 0.2) is 0 Å². The van der Waals surface area contributed by atoms with Gasteiger partial charge in [-0.25, -0.2) is 0 Å². The van der Waals surface area contributed by atoms with Crippen LogP contribution in [-0.4, -0.2) is 26.7 Å². The molecule has 0 spiro atoms. The van der Waals surface area contributed by atoms with Gasteiger partial charge in [0.2, 0.25) is 0 Å². The van der Waals surface area contributed by atoms with Gasteiger partial charge in [-0.2, -0.15) is 5.26 Å². The van der Waals surface area contributed by atoms with Gasteiger partial charge in [-0.05, 0) is 35.9 Å². The summed E-state index contributed by atoms with van der Waals surface area (Å²) in [4.78, 5) is 12.4. The van der Waals surface area contributed by atoms with Crippen LogP contribution in [0.4, 0.5) is 0 Å². The van der Waals surface area contributed by atoms with Crippen molar-refractivity contribution >= 4 is 23.6 Å². The fraction of sp³-hybridized carbons (Fsp3) is 0.182. The van der Waals surface area contributed by atoms with Crippen molar-refractivity contribution in [1.29, 1.82) is 5.26 Å². The summed E-state index contributed by atoms with van der Waals surface area (Å²) in [5, 5.41) is 12.4. The molecule has 0 aliphatic rings. The van der Waals surface area contributed by atoms with Crippen molar-refractivity contribution in [2.45, 2.75) is 6.54 Å². The fourth-order valence-electron chi connectivity index (χ4n) is 2.43. The minimum Gasteiger partial charge on any atom is -0.497 e. The molecule has 0 aromatic heterocycles. The molecule has 0 fully saturated rings. The van der Waals surface area contributed by atoms with Crippen molar-refractivity contribution < 1.29 is 19.0 Å². The van der Waals surface area contributed by atoms with E-state index in [1.807, 2.05) is 6.07 Å². The van der Waals surface area contributed by atoms with Gasteiger partial charge < -0.3 is 19.5 Å². The third kappa shape index (κ3) is 5.93. The molecule has 2 aromatic rings. The maximum absolute atomic E-state index is 12.4. The Bertz CT molecular complexity index is 1000. The number of benzene rings is 2. The van der Waals surface area contributed by atoms with Crippen molar-refractivity contribution in [3.8, 4) is 35.7 Å². The van der Waals surface area contributed by atoms with E-state index >= 15 is 0 Å². The number of ether oxygens (including phenoxy) is 3. The standard InChI is InChI=1S/C22H19ClN2O4/c1-4-9-29-20-8-5-15(11-19(20)23)10-17(13-24)22(26)25-14-16-6-7-18(27-2)12-21(16)28-3/h1,5-8,10-12H,9,14H2,2-3H3,(H,25,26)/b17-10+. The minimum absolute atomic E-state index is 0.0640. The van der Waals surface area contributed by atoms with Crippen LogP contribution >= 0.6 is 11.6 Å². The molecule has 148 valence electrons. The largest absolute Gasteiger partial charge is 0.497 e. The van der Waals surface area contributed by atoms with Crippen LogP contribution in [0.2, 0.25) is 5.02 Å². The van der Waals surface area contributed by atoms with Crippen LogP contribution in [0.15, 0.2) is 42.0 Å². The van der Waals surface area contributed by atoms with E-state index in [4.69, 9.17) is 32.2 Å². The molecule has 0 radical (unpaired) electrons. The van der Waals surface area contributed by atoms with E-state index in [2.05, 4.69) is 11.2 Å². The number of hydrogen-bond donors (Lipinski definition) is 1. The van der Waals surface area contributed by atoms with Crippen molar-refractivity contribution in [3.05, 3.63) is 58.1 Å². The zero-order valence-corrected chi connectivity index (χ0v) is 16.7. The fourth-order valence-corrected chi connectivity index (χ4v) is 2.67. The molecule has 29 heavy (non-hydrogen) atoms. The number of carbonyl (C=O) groups is 1. The summed E-state index contributed by atoms with van der Waals surface area (Å²) >= 11 is 6.14. The highest BCUT2D eigenvalue weighted by atomic mass is 35.5. The van der Waals surface area contributed by atoms with Gasteiger partial charge >= 0.3 is 0 Å². The molecular weight excluding hydrogens is 392 g/mol. The summed E-state index contributed by atoms with van der Waals surface area (Å²) in [5.41, 5.74) is 1.26. The van der Waals surface area contributed by atoms with Gasteiger partial charge in [-0.15, -0.1) is 6.42 Å². The molecule has 0 saturated carbocycles.